The minimum atomic E-state index is -0.285. The molecule has 1 aliphatic carbocycles. The number of rotatable bonds is 11. The Morgan fingerprint density at radius 2 is 1.57 bits per heavy atom. The molecule has 1 aliphatic rings. The molecule has 2 unspecified atom stereocenters. The highest BCUT2D eigenvalue weighted by molar-refractivity contribution is 5.77. The van der Waals surface area contributed by atoms with Crippen LogP contribution in [-0.2, 0) is 19.1 Å². The summed E-state index contributed by atoms with van der Waals surface area (Å²) in [5.74, 6) is -0.111. The highest BCUT2D eigenvalue weighted by atomic mass is 16.5. The average molecular weight is 326 g/mol. The fourth-order valence-electron chi connectivity index (χ4n) is 3.03. The Kier molecular flexibility index (Phi) is 10.8. The fraction of sp³-hybridized carbons (Fsp3) is 0.895. The van der Waals surface area contributed by atoms with E-state index < -0.39 is 0 Å². The topological polar surface area (TPSA) is 52.6 Å². The van der Waals surface area contributed by atoms with Gasteiger partial charge in [0.25, 0.3) is 0 Å². The van der Waals surface area contributed by atoms with Crippen LogP contribution in [0.1, 0.15) is 90.9 Å². The van der Waals surface area contributed by atoms with Crippen LogP contribution in [0.4, 0.5) is 0 Å². The number of hydrogen-bond acceptors (Lipinski definition) is 4. The molecule has 1 saturated carbocycles. The van der Waals surface area contributed by atoms with Crippen molar-refractivity contribution < 1.29 is 19.1 Å². The second kappa shape index (κ2) is 12.4. The lowest BCUT2D eigenvalue weighted by Gasteiger charge is -2.28. The lowest BCUT2D eigenvalue weighted by Crippen LogP contribution is -2.28. The van der Waals surface area contributed by atoms with E-state index >= 15 is 0 Å². The van der Waals surface area contributed by atoms with Crippen LogP contribution in [0.5, 0.6) is 0 Å². The molecule has 134 valence electrons. The van der Waals surface area contributed by atoms with Crippen molar-refractivity contribution in [1.82, 2.24) is 0 Å². The molecule has 1 fully saturated rings. The number of carbonyl (C=O) groups excluding carboxylic acids is 2. The van der Waals surface area contributed by atoms with Crippen molar-refractivity contribution in [2.75, 3.05) is 6.61 Å². The predicted octanol–water partition coefficient (Wildman–Crippen LogP) is 4.79. The molecule has 0 radical (unpaired) electrons. The smallest absolute Gasteiger partial charge is 0.306 e. The largest absolute Gasteiger partial charge is 0.466 e. The fourth-order valence-corrected chi connectivity index (χ4v) is 3.03. The molecule has 0 aromatic rings. The molecule has 0 heterocycles. The Balaban J connectivity index is 2.00. The first-order valence-electron chi connectivity index (χ1n) is 9.48. The minimum absolute atomic E-state index is 0.0374. The van der Waals surface area contributed by atoms with Gasteiger partial charge in [-0.15, -0.1) is 0 Å². The van der Waals surface area contributed by atoms with E-state index in [0.717, 1.165) is 32.1 Å². The maximum Gasteiger partial charge on any atom is 0.306 e. The van der Waals surface area contributed by atoms with E-state index in [1.165, 1.54) is 32.1 Å². The molecule has 0 aromatic carbocycles. The van der Waals surface area contributed by atoms with Gasteiger partial charge >= 0.3 is 11.9 Å². The summed E-state index contributed by atoms with van der Waals surface area (Å²) in [7, 11) is 0. The van der Waals surface area contributed by atoms with Crippen molar-refractivity contribution in [2.24, 2.45) is 5.92 Å². The van der Waals surface area contributed by atoms with Gasteiger partial charge in [0.15, 0.2) is 0 Å². The monoisotopic (exact) mass is 326 g/mol. The molecular weight excluding hydrogens is 292 g/mol. The summed E-state index contributed by atoms with van der Waals surface area (Å²) < 4.78 is 10.7. The molecule has 0 bridgehead atoms. The van der Waals surface area contributed by atoms with Crippen molar-refractivity contribution in [3.8, 4) is 0 Å². The van der Waals surface area contributed by atoms with Crippen LogP contribution in [-0.4, -0.2) is 24.6 Å². The van der Waals surface area contributed by atoms with Crippen molar-refractivity contribution >= 4 is 11.9 Å². The molecule has 0 amide bonds. The van der Waals surface area contributed by atoms with E-state index in [-0.39, 0.29) is 30.9 Å². The zero-order valence-corrected chi connectivity index (χ0v) is 15.0. The van der Waals surface area contributed by atoms with Crippen molar-refractivity contribution in [1.29, 1.82) is 0 Å². The Morgan fingerprint density at radius 3 is 2.30 bits per heavy atom. The first-order valence-corrected chi connectivity index (χ1v) is 9.48. The number of carbonyl (C=O) groups is 2. The number of esters is 2. The molecule has 2 atom stereocenters. The van der Waals surface area contributed by atoms with E-state index in [1.807, 2.05) is 0 Å². The maximum atomic E-state index is 11.8. The molecule has 0 aliphatic heterocycles. The summed E-state index contributed by atoms with van der Waals surface area (Å²) in [5.41, 5.74) is 0. The molecule has 0 saturated heterocycles. The molecule has 0 aromatic heterocycles. The zero-order chi connectivity index (χ0) is 16.9. The summed E-state index contributed by atoms with van der Waals surface area (Å²) in [6.07, 6.45) is 11.7. The van der Waals surface area contributed by atoms with Gasteiger partial charge in [-0.05, 0) is 31.6 Å². The Labute approximate surface area is 141 Å². The van der Waals surface area contributed by atoms with Crippen LogP contribution in [0.3, 0.4) is 0 Å². The summed E-state index contributed by atoms with van der Waals surface area (Å²) in [6.45, 7) is 4.80. The highest BCUT2D eigenvalue weighted by Gasteiger charge is 2.24. The Bertz CT molecular complexity index is 340. The predicted molar refractivity (Wildman–Crippen MR) is 91.1 cm³/mol. The first-order chi connectivity index (χ1) is 11.1. The SMILES string of the molecule is CCCCCCCCOC(=O)CCC(=O)OC1CCCCC1C. The van der Waals surface area contributed by atoms with E-state index in [0.29, 0.717) is 12.5 Å². The molecule has 23 heavy (non-hydrogen) atoms. The van der Waals surface area contributed by atoms with Gasteiger partial charge in [-0.3, -0.25) is 9.59 Å². The van der Waals surface area contributed by atoms with Crippen molar-refractivity contribution in [2.45, 2.75) is 97.0 Å². The van der Waals surface area contributed by atoms with E-state index in [1.54, 1.807) is 0 Å². The van der Waals surface area contributed by atoms with Gasteiger partial charge in [0.1, 0.15) is 6.10 Å². The van der Waals surface area contributed by atoms with Gasteiger partial charge in [0, 0.05) is 0 Å². The van der Waals surface area contributed by atoms with Crippen LogP contribution >= 0.6 is 0 Å². The van der Waals surface area contributed by atoms with E-state index in [9.17, 15) is 9.59 Å². The van der Waals surface area contributed by atoms with Crippen LogP contribution in [0.2, 0.25) is 0 Å². The Morgan fingerprint density at radius 1 is 0.913 bits per heavy atom. The quantitative estimate of drug-likeness (QED) is 0.404. The summed E-state index contributed by atoms with van der Waals surface area (Å²) >= 11 is 0. The molecule has 1 rings (SSSR count). The maximum absolute atomic E-state index is 11.8. The summed E-state index contributed by atoms with van der Waals surface area (Å²) in [4.78, 5) is 23.4. The molecule has 4 heteroatoms. The van der Waals surface area contributed by atoms with Gasteiger partial charge in [0.2, 0.25) is 0 Å². The third-order valence-corrected chi connectivity index (χ3v) is 4.61. The normalized spacial score (nSPS) is 21.0. The third-order valence-electron chi connectivity index (χ3n) is 4.61. The lowest BCUT2D eigenvalue weighted by atomic mass is 9.88. The van der Waals surface area contributed by atoms with Gasteiger partial charge in [-0.2, -0.15) is 0 Å². The molecule has 4 nitrogen and oxygen atoms in total. The van der Waals surface area contributed by atoms with Gasteiger partial charge in [-0.1, -0.05) is 52.4 Å². The first kappa shape index (κ1) is 20.0. The van der Waals surface area contributed by atoms with Crippen LogP contribution in [0, 0.1) is 5.92 Å². The van der Waals surface area contributed by atoms with Crippen molar-refractivity contribution in [3.05, 3.63) is 0 Å². The molecule has 0 spiro atoms. The second-order valence-corrected chi connectivity index (χ2v) is 6.78. The highest BCUT2D eigenvalue weighted by Crippen LogP contribution is 2.26. The second-order valence-electron chi connectivity index (χ2n) is 6.78. The van der Waals surface area contributed by atoms with Crippen LogP contribution in [0.15, 0.2) is 0 Å². The van der Waals surface area contributed by atoms with E-state index in [4.69, 9.17) is 9.47 Å². The van der Waals surface area contributed by atoms with Gasteiger partial charge in [0.05, 0.1) is 19.4 Å². The zero-order valence-electron chi connectivity index (χ0n) is 15.0. The standard InChI is InChI=1S/C19H34O4/c1-3-4-5-6-7-10-15-22-18(20)13-14-19(21)23-17-12-9-8-11-16(17)2/h16-17H,3-15H2,1-2H3. The third kappa shape index (κ3) is 9.62. The number of ether oxygens (including phenoxy) is 2. The number of hydrogen-bond donors (Lipinski definition) is 0. The van der Waals surface area contributed by atoms with Crippen LogP contribution in [0.25, 0.3) is 0 Å². The van der Waals surface area contributed by atoms with Gasteiger partial charge in [-0.25, -0.2) is 0 Å². The van der Waals surface area contributed by atoms with Crippen molar-refractivity contribution in [3.63, 3.8) is 0 Å². The lowest BCUT2D eigenvalue weighted by molar-refractivity contribution is -0.156. The van der Waals surface area contributed by atoms with E-state index in [2.05, 4.69) is 13.8 Å². The minimum Gasteiger partial charge on any atom is -0.466 e. The molecule has 0 N–H and O–H groups in total. The summed E-state index contributed by atoms with van der Waals surface area (Å²) in [6, 6.07) is 0. The number of unbranched alkanes of at least 4 members (excludes halogenated alkanes) is 5. The molecular formula is C19H34O4. The van der Waals surface area contributed by atoms with Crippen LogP contribution < -0.4 is 0 Å². The van der Waals surface area contributed by atoms with Gasteiger partial charge < -0.3 is 9.47 Å². The summed E-state index contributed by atoms with van der Waals surface area (Å²) in [5, 5.41) is 0. The average Bonchev–Trinajstić information content (AvgIpc) is 2.54. The Hall–Kier alpha value is -1.06.